The van der Waals surface area contributed by atoms with Gasteiger partial charge in [-0.1, -0.05) is 34.5 Å². The van der Waals surface area contributed by atoms with Crippen LogP contribution >= 0.6 is 15.9 Å². The SMILES string of the molecule is CC(NC(=O)C(O)C1CCC1)C(=O)N1CCCC(C(=O)N[C@H](C)c2ccc3ccc(Br)cc3n2)N1. The average molecular weight is 546 g/mol. The predicted octanol–water partition coefficient (Wildman–Crippen LogP) is 2.34. The molecule has 4 atom stereocenters. The molecular formula is C25H32BrN5O4. The number of fused-ring (bicyclic) bond motifs is 1. The van der Waals surface area contributed by atoms with Gasteiger partial charge >= 0.3 is 0 Å². The van der Waals surface area contributed by atoms with Gasteiger partial charge in [0.2, 0.25) is 11.8 Å². The highest BCUT2D eigenvalue weighted by molar-refractivity contribution is 9.10. The van der Waals surface area contributed by atoms with Gasteiger partial charge in [-0.15, -0.1) is 0 Å². The molecule has 9 nitrogen and oxygen atoms in total. The molecule has 2 heterocycles. The molecule has 1 aliphatic heterocycles. The van der Waals surface area contributed by atoms with Crippen molar-refractivity contribution in [1.29, 1.82) is 0 Å². The van der Waals surface area contributed by atoms with Gasteiger partial charge < -0.3 is 15.7 Å². The lowest BCUT2D eigenvalue weighted by Gasteiger charge is -2.35. The second kappa shape index (κ2) is 11.0. The Bertz CT molecular complexity index is 1110. The molecular weight excluding hydrogens is 514 g/mol. The number of benzene rings is 1. The van der Waals surface area contributed by atoms with Gasteiger partial charge in [0.15, 0.2) is 0 Å². The first-order valence-electron chi connectivity index (χ1n) is 12.2. The average Bonchev–Trinajstić information content (AvgIpc) is 2.81. The summed E-state index contributed by atoms with van der Waals surface area (Å²) >= 11 is 3.46. The predicted molar refractivity (Wildman–Crippen MR) is 135 cm³/mol. The number of nitrogens with one attached hydrogen (secondary N) is 3. The van der Waals surface area contributed by atoms with Gasteiger partial charge in [-0.05, 0) is 63.6 Å². The van der Waals surface area contributed by atoms with E-state index in [0.29, 0.717) is 19.4 Å². The molecule has 0 spiro atoms. The minimum Gasteiger partial charge on any atom is -0.383 e. The monoisotopic (exact) mass is 545 g/mol. The quantitative estimate of drug-likeness (QED) is 0.423. The number of hydrazine groups is 1. The van der Waals surface area contributed by atoms with E-state index in [-0.39, 0.29) is 23.8 Å². The number of amides is 3. The Morgan fingerprint density at radius 2 is 1.86 bits per heavy atom. The van der Waals surface area contributed by atoms with Crippen LogP contribution in [0.2, 0.25) is 0 Å². The van der Waals surface area contributed by atoms with Crippen molar-refractivity contribution in [3.05, 3.63) is 40.5 Å². The Kier molecular flexibility index (Phi) is 8.03. The Hall–Kier alpha value is -2.56. The number of hydrogen-bond donors (Lipinski definition) is 4. The molecule has 1 saturated carbocycles. The normalized spacial score (nSPS) is 21.0. The van der Waals surface area contributed by atoms with E-state index in [9.17, 15) is 19.5 Å². The van der Waals surface area contributed by atoms with E-state index in [1.807, 2.05) is 37.3 Å². The number of rotatable bonds is 7. The Balaban J connectivity index is 1.32. The number of hydrogen-bond acceptors (Lipinski definition) is 6. The van der Waals surface area contributed by atoms with Crippen LogP contribution in [0.5, 0.6) is 0 Å². The fourth-order valence-corrected chi connectivity index (χ4v) is 4.78. The zero-order valence-electron chi connectivity index (χ0n) is 20.0. The second-order valence-electron chi connectivity index (χ2n) is 9.48. The molecule has 3 amide bonds. The van der Waals surface area contributed by atoms with Crippen LogP contribution in [0, 0.1) is 5.92 Å². The number of aliphatic hydroxyl groups excluding tert-OH is 1. The standard InChI is InChI=1S/C25H32BrN5O4/c1-14(19-11-9-16-8-10-18(26)13-21(16)29-19)27-23(33)20-7-4-12-31(30-20)25(35)15(2)28-24(34)22(32)17-5-3-6-17/h8-11,13-15,17,20,22,30,32H,3-7,12H2,1-2H3,(H,27,33)(H,28,34)/t14-,15?,20?,22?/m1/s1. The Labute approximate surface area is 213 Å². The van der Waals surface area contributed by atoms with E-state index in [1.165, 1.54) is 5.01 Å². The van der Waals surface area contributed by atoms with Crippen LogP contribution in [-0.4, -0.2) is 57.6 Å². The van der Waals surface area contributed by atoms with Crippen molar-refractivity contribution in [2.45, 2.75) is 70.2 Å². The molecule has 188 valence electrons. The molecule has 4 rings (SSSR count). The summed E-state index contributed by atoms with van der Waals surface area (Å²) in [4.78, 5) is 42.8. The number of carbonyl (C=O) groups is 3. The van der Waals surface area contributed by atoms with Gasteiger partial charge in [0.1, 0.15) is 18.2 Å². The lowest BCUT2D eigenvalue weighted by molar-refractivity contribution is -0.145. The number of pyridine rings is 1. The number of carbonyl (C=O) groups excluding carboxylic acids is 3. The minimum atomic E-state index is -1.09. The maximum absolute atomic E-state index is 13.0. The topological polar surface area (TPSA) is 124 Å². The molecule has 10 heteroatoms. The summed E-state index contributed by atoms with van der Waals surface area (Å²) in [7, 11) is 0. The zero-order valence-corrected chi connectivity index (χ0v) is 21.5. The Morgan fingerprint density at radius 3 is 2.57 bits per heavy atom. The molecule has 2 aromatic rings. The van der Waals surface area contributed by atoms with Crippen molar-refractivity contribution in [2.24, 2.45) is 5.92 Å². The molecule has 1 aromatic carbocycles. The third kappa shape index (κ3) is 5.99. The van der Waals surface area contributed by atoms with Crippen LogP contribution in [0.25, 0.3) is 10.9 Å². The summed E-state index contributed by atoms with van der Waals surface area (Å²) < 4.78 is 0.936. The van der Waals surface area contributed by atoms with E-state index < -0.39 is 24.1 Å². The van der Waals surface area contributed by atoms with E-state index in [2.05, 4.69) is 37.0 Å². The van der Waals surface area contributed by atoms with Crippen molar-refractivity contribution in [1.82, 2.24) is 26.1 Å². The highest BCUT2D eigenvalue weighted by atomic mass is 79.9. The van der Waals surface area contributed by atoms with Crippen molar-refractivity contribution in [3.8, 4) is 0 Å². The summed E-state index contributed by atoms with van der Waals surface area (Å²) in [5.41, 5.74) is 4.59. The van der Waals surface area contributed by atoms with Crippen LogP contribution in [0.15, 0.2) is 34.8 Å². The summed E-state index contributed by atoms with van der Waals surface area (Å²) in [5, 5.41) is 18.1. The molecule has 1 aliphatic carbocycles. The fraction of sp³-hybridized carbons (Fsp3) is 0.520. The van der Waals surface area contributed by atoms with Crippen LogP contribution in [0.4, 0.5) is 0 Å². The lowest BCUT2D eigenvalue weighted by atomic mass is 9.81. The van der Waals surface area contributed by atoms with Crippen molar-refractivity contribution in [2.75, 3.05) is 6.54 Å². The van der Waals surface area contributed by atoms with E-state index in [1.54, 1.807) is 6.92 Å². The van der Waals surface area contributed by atoms with Gasteiger partial charge in [-0.2, -0.15) is 0 Å². The molecule has 1 saturated heterocycles. The molecule has 0 bridgehead atoms. The molecule has 1 aromatic heterocycles. The maximum atomic E-state index is 13.0. The fourth-order valence-electron chi connectivity index (χ4n) is 4.43. The molecule has 2 fully saturated rings. The van der Waals surface area contributed by atoms with Crippen LogP contribution in [0.1, 0.15) is 57.7 Å². The third-order valence-electron chi connectivity index (χ3n) is 6.84. The first-order valence-corrected chi connectivity index (χ1v) is 12.9. The number of aromatic nitrogens is 1. The number of halogens is 1. The van der Waals surface area contributed by atoms with Crippen LogP contribution in [0.3, 0.4) is 0 Å². The van der Waals surface area contributed by atoms with E-state index >= 15 is 0 Å². The van der Waals surface area contributed by atoms with E-state index in [0.717, 1.165) is 40.3 Å². The first kappa shape index (κ1) is 25.5. The lowest BCUT2D eigenvalue weighted by Crippen LogP contribution is -2.61. The van der Waals surface area contributed by atoms with Gasteiger partial charge in [0.25, 0.3) is 5.91 Å². The number of nitrogens with zero attached hydrogens (tertiary/aromatic N) is 2. The highest BCUT2D eigenvalue weighted by Crippen LogP contribution is 2.29. The van der Waals surface area contributed by atoms with Gasteiger partial charge in [-0.3, -0.25) is 24.4 Å². The molecule has 0 radical (unpaired) electrons. The molecule has 2 aliphatic rings. The molecule has 3 unspecified atom stereocenters. The smallest absolute Gasteiger partial charge is 0.258 e. The highest BCUT2D eigenvalue weighted by Gasteiger charge is 2.34. The van der Waals surface area contributed by atoms with Crippen molar-refractivity contribution < 1.29 is 19.5 Å². The molecule has 4 N–H and O–H groups in total. The zero-order chi connectivity index (χ0) is 25.1. The second-order valence-corrected chi connectivity index (χ2v) is 10.4. The van der Waals surface area contributed by atoms with Crippen LogP contribution in [-0.2, 0) is 14.4 Å². The van der Waals surface area contributed by atoms with Gasteiger partial charge in [0.05, 0.1) is 17.3 Å². The molecule has 35 heavy (non-hydrogen) atoms. The van der Waals surface area contributed by atoms with Crippen molar-refractivity contribution in [3.63, 3.8) is 0 Å². The van der Waals surface area contributed by atoms with Crippen molar-refractivity contribution >= 4 is 44.6 Å². The van der Waals surface area contributed by atoms with Crippen LogP contribution < -0.4 is 16.1 Å². The summed E-state index contributed by atoms with van der Waals surface area (Å²) in [6.45, 7) is 3.90. The first-order chi connectivity index (χ1) is 16.7. The van der Waals surface area contributed by atoms with Gasteiger partial charge in [-0.25, -0.2) is 5.43 Å². The largest absolute Gasteiger partial charge is 0.383 e. The summed E-state index contributed by atoms with van der Waals surface area (Å²) in [6, 6.07) is 8.04. The van der Waals surface area contributed by atoms with E-state index in [4.69, 9.17) is 0 Å². The number of aliphatic hydroxyl groups is 1. The van der Waals surface area contributed by atoms with Gasteiger partial charge in [0, 0.05) is 16.4 Å². The maximum Gasteiger partial charge on any atom is 0.258 e. The summed E-state index contributed by atoms with van der Waals surface area (Å²) in [5.74, 6) is -1.11. The third-order valence-corrected chi connectivity index (χ3v) is 7.33. The Morgan fingerprint density at radius 1 is 1.11 bits per heavy atom. The summed E-state index contributed by atoms with van der Waals surface area (Å²) in [6.07, 6.45) is 2.81. The minimum absolute atomic E-state index is 0.0286.